The second kappa shape index (κ2) is 10.2. The van der Waals surface area contributed by atoms with E-state index in [1.165, 1.54) is 5.56 Å². The molecule has 0 radical (unpaired) electrons. The molecule has 1 aliphatic rings. The van der Waals surface area contributed by atoms with Crippen LogP contribution >= 0.6 is 0 Å². The number of amides is 1. The van der Waals surface area contributed by atoms with E-state index in [1.54, 1.807) is 0 Å². The third-order valence-corrected chi connectivity index (χ3v) is 6.33. The zero-order chi connectivity index (χ0) is 22.5. The molecule has 1 saturated heterocycles. The molecule has 0 unspecified atom stereocenters. The highest BCUT2D eigenvalue weighted by atomic mass is 16.2. The zero-order valence-corrected chi connectivity index (χ0v) is 19.6. The van der Waals surface area contributed by atoms with Crippen LogP contribution < -0.4 is 0 Å². The maximum atomic E-state index is 13.1. The molecule has 6 heteroatoms. The van der Waals surface area contributed by atoms with Crippen LogP contribution in [0, 0.1) is 20.8 Å². The van der Waals surface area contributed by atoms with E-state index in [0.29, 0.717) is 13.1 Å². The second-order valence-corrected chi connectivity index (χ2v) is 8.50. The van der Waals surface area contributed by atoms with Gasteiger partial charge in [0.2, 0.25) is 5.91 Å². The van der Waals surface area contributed by atoms with Crippen molar-refractivity contribution >= 4 is 11.7 Å². The highest BCUT2D eigenvalue weighted by Gasteiger charge is 2.24. The molecule has 1 aromatic heterocycles. The van der Waals surface area contributed by atoms with Crippen LogP contribution in [0.2, 0.25) is 0 Å². The number of carbonyl (C=O) groups is 2. The minimum atomic E-state index is 0.166. The van der Waals surface area contributed by atoms with E-state index < -0.39 is 0 Å². The van der Waals surface area contributed by atoms with Gasteiger partial charge in [-0.15, -0.1) is 0 Å². The van der Waals surface area contributed by atoms with Crippen molar-refractivity contribution in [3.8, 4) is 5.69 Å². The van der Waals surface area contributed by atoms with Gasteiger partial charge in [0.25, 0.3) is 0 Å². The lowest BCUT2D eigenvalue weighted by atomic mass is 10.1. The number of likely N-dealkylation sites (N-methyl/N-ethyl adjacent to an activating group) is 1. The SMILES string of the molecule is CCN(CC)C(=O)CN1CCN(CC(=O)c2cc(C)n(-c3ccc(C)cc3)c2C)CC1. The Kier molecular flexibility index (Phi) is 7.68. The van der Waals surface area contributed by atoms with Crippen molar-refractivity contribution in [3.63, 3.8) is 0 Å². The highest BCUT2D eigenvalue weighted by molar-refractivity contribution is 5.99. The molecule has 3 rings (SSSR count). The average molecular weight is 425 g/mol. The minimum absolute atomic E-state index is 0.166. The van der Waals surface area contributed by atoms with E-state index in [1.807, 2.05) is 31.7 Å². The Morgan fingerprint density at radius 3 is 1.97 bits per heavy atom. The minimum Gasteiger partial charge on any atom is -0.342 e. The lowest BCUT2D eigenvalue weighted by Gasteiger charge is -2.34. The van der Waals surface area contributed by atoms with Gasteiger partial charge in [-0.25, -0.2) is 0 Å². The number of aryl methyl sites for hydroxylation is 2. The Morgan fingerprint density at radius 2 is 1.42 bits per heavy atom. The van der Waals surface area contributed by atoms with Crippen LogP contribution in [0.5, 0.6) is 0 Å². The zero-order valence-electron chi connectivity index (χ0n) is 19.6. The number of nitrogens with zero attached hydrogens (tertiary/aromatic N) is 4. The van der Waals surface area contributed by atoms with Crippen molar-refractivity contribution in [3.05, 3.63) is 52.8 Å². The molecule has 6 nitrogen and oxygen atoms in total. The van der Waals surface area contributed by atoms with Gasteiger partial charge in [-0.3, -0.25) is 19.4 Å². The molecule has 1 aromatic carbocycles. The summed E-state index contributed by atoms with van der Waals surface area (Å²) in [4.78, 5) is 31.7. The van der Waals surface area contributed by atoms with Gasteiger partial charge in [-0.05, 0) is 52.8 Å². The first-order valence-electron chi connectivity index (χ1n) is 11.4. The number of hydrogen-bond acceptors (Lipinski definition) is 4. The number of benzene rings is 1. The molecule has 31 heavy (non-hydrogen) atoms. The van der Waals surface area contributed by atoms with Gasteiger partial charge in [0.05, 0.1) is 13.1 Å². The largest absolute Gasteiger partial charge is 0.342 e. The van der Waals surface area contributed by atoms with Crippen LogP contribution in [0.4, 0.5) is 0 Å². The summed E-state index contributed by atoms with van der Waals surface area (Å²) in [6.45, 7) is 15.9. The molecule has 1 fully saturated rings. The maximum Gasteiger partial charge on any atom is 0.236 e. The predicted molar refractivity (Wildman–Crippen MR) is 125 cm³/mol. The van der Waals surface area contributed by atoms with Crippen LogP contribution in [0.3, 0.4) is 0 Å². The molecule has 0 N–H and O–H groups in total. The number of piperazine rings is 1. The first-order chi connectivity index (χ1) is 14.8. The van der Waals surface area contributed by atoms with Gasteiger partial charge in [0.15, 0.2) is 5.78 Å². The maximum absolute atomic E-state index is 13.1. The standard InChI is InChI=1S/C25H36N4O2/c1-6-28(7-2)25(31)18-27-14-12-26(13-15-27)17-24(30)23-16-20(4)29(21(23)5)22-10-8-19(3)9-11-22/h8-11,16H,6-7,12-15,17-18H2,1-5H3. The number of hydrogen-bond donors (Lipinski definition) is 0. The molecule has 2 heterocycles. The smallest absolute Gasteiger partial charge is 0.236 e. The van der Waals surface area contributed by atoms with E-state index in [9.17, 15) is 9.59 Å². The Bertz CT molecular complexity index is 904. The summed E-state index contributed by atoms with van der Waals surface area (Å²) < 4.78 is 2.16. The first-order valence-corrected chi connectivity index (χ1v) is 11.4. The van der Waals surface area contributed by atoms with Crippen molar-refractivity contribution in [2.45, 2.75) is 34.6 Å². The molecular weight excluding hydrogens is 388 g/mol. The molecule has 168 valence electrons. The fraction of sp³-hybridized carbons (Fsp3) is 0.520. The summed E-state index contributed by atoms with van der Waals surface area (Å²) in [7, 11) is 0. The topological polar surface area (TPSA) is 48.8 Å². The molecule has 1 amide bonds. The van der Waals surface area contributed by atoms with Gasteiger partial charge < -0.3 is 9.47 Å². The summed E-state index contributed by atoms with van der Waals surface area (Å²) in [6, 6.07) is 10.4. The number of rotatable bonds is 8. The normalized spacial score (nSPS) is 15.3. The summed E-state index contributed by atoms with van der Waals surface area (Å²) >= 11 is 0. The third kappa shape index (κ3) is 5.43. The van der Waals surface area contributed by atoms with Gasteiger partial charge in [0.1, 0.15) is 0 Å². The highest BCUT2D eigenvalue weighted by Crippen LogP contribution is 2.22. The summed E-state index contributed by atoms with van der Waals surface area (Å²) in [5.74, 6) is 0.359. The molecule has 0 spiro atoms. The lowest BCUT2D eigenvalue weighted by molar-refractivity contribution is -0.132. The first kappa shape index (κ1) is 23.2. The van der Waals surface area contributed by atoms with Gasteiger partial charge in [-0.1, -0.05) is 17.7 Å². The van der Waals surface area contributed by atoms with Crippen molar-refractivity contribution < 1.29 is 9.59 Å². The Hall–Kier alpha value is -2.44. The van der Waals surface area contributed by atoms with Crippen molar-refractivity contribution in [1.82, 2.24) is 19.3 Å². The van der Waals surface area contributed by atoms with Gasteiger partial charge in [-0.2, -0.15) is 0 Å². The fourth-order valence-electron chi connectivity index (χ4n) is 4.40. The number of ketones is 1. The Morgan fingerprint density at radius 1 is 0.871 bits per heavy atom. The van der Waals surface area contributed by atoms with E-state index in [0.717, 1.165) is 61.9 Å². The average Bonchev–Trinajstić information content (AvgIpc) is 3.05. The molecule has 0 saturated carbocycles. The van der Waals surface area contributed by atoms with Crippen LogP contribution in [0.1, 0.15) is 41.2 Å². The monoisotopic (exact) mass is 424 g/mol. The predicted octanol–water partition coefficient (Wildman–Crippen LogP) is 3.07. The fourth-order valence-corrected chi connectivity index (χ4v) is 4.40. The third-order valence-electron chi connectivity index (χ3n) is 6.33. The number of Topliss-reactive ketones (excluding diaryl/α,β-unsaturated/α-hetero) is 1. The van der Waals surface area contributed by atoms with Crippen LogP contribution in [0.25, 0.3) is 5.69 Å². The Labute approximate surface area is 186 Å². The number of carbonyl (C=O) groups excluding carboxylic acids is 2. The summed E-state index contributed by atoms with van der Waals surface area (Å²) in [5, 5.41) is 0. The molecule has 0 atom stereocenters. The molecule has 2 aromatic rings. The van der Waals surface area contributed by atoms with Crippen LogP contribution in [-0.2, 0) is 4.79 Å². The van der Waals surface area contributed by atoms with Crippen molar-refractivity contribution in [2.75, 3.05) is 52.4 Å². The Balaban J connectivity index is 1.59. The van der Waals surface area contributed by atoms with Crippen LogP contribution in [0.15, 0.2) is 30.3 Å². The van der Waals surface area contributed by atoms with Crippen molar-refractivity contribution in [2.24, 2.45) is 0 Å². The van der Waals surface area contributed by atoms with E-state index in [2.05, 4.69) is 52.5 Å². The van der Waals surface area contributed by atoms with Gasteiger partial charge in [0, 0.05) is 61.9 Å². The lowest BCUT2D eigenvalue weighted by Crippen LogP contribution is -2.51. The van der Waals surface area contributed by atoms with E-state index in [4.69, 9.17) is 0 Å². The molecule has 0 bridgehead atoms. The van der Waals surface area contributed by atoms with Crippen molar-refractivity contribution in [1.29, 1.82) is 0 Å². The number of aromatic nitrogens is 1. The quantitative estimate of drug-likeness (QED) is 0.611. The van der Waals surface area contributed by atoms with Gasteiger partial charge >= 0.3 is 0 Å². The van der Waals surface area contributed by atoms with E-state index in [-0.39, 0.29) is 11.7 Å². The summed E-state index contributed by atoms with van der Waals surface area (Å²) in [5.41, 5.74) is 5.18. The molecule has 1 aliphatic heterocycles. The van der Waals surface area contributed by atoms with E-state index >= 15 is 0 Å². The second-order valence-electron chi connectivity index (χ2n) is 8.50. The molecule has 0 aliphatic carbocycles. The van der Waals surface area contributed by atoms with Crippen LogP contribution in [-0.4, -0.2) is 83.3 Å². The summed E-state index contributed by atoms with van der Waals surface area (Å²) in [6.07, 6.45) is 0. The molecular formula is C25H36N4O2.